The van der Waals surface area contributed by atoms with E-state index in [0.717, 1.165) is 12.8 Å². The van der Waals surface area contributed by atoms with Crippen molar-refractivity contribution in [1.29, 1.82) is 0 Å². The summed E-state index contributed by atoms with van der Waals surface area (Å²) in [6.45, 7) is 12.5. The summed E-state index contributed by atoms with van der Waals surface area (Å²) in [4.78, 5) is 24.0. The van der Waals surface area contributed by atoms with Gasteiger partial charge in [-0.15, -0.1) is 0 Å². The molecule has 1 saturated carbocycles. The van der Waals surface area contributed by atoms with Crippen LogP contribution in [0.4, 0.5) is 4.79 Å². The highest BCUT2D eigenvalue weighted by atomic mass is 32.9. The van der Waals surface area contributed by atoms with Crippen molar-refractivity contribution in [2.24, 2.45) is 23.7 Å². The molecule has 0 aromatic carbocycles. The lowest BCUT2D eigenvalue weighted by Gasteiger charge is -2.43. The Bertz CT molecular complexity index is 518. The Hall–Kier alpha value is 0.190. The zero-order chi connectivity index (χ0) is 20.3. The molecule has 154 valence electrons. The second kappa shape index (κ2) is 9.60. The third-order valence-corrected chi connectivity index (χ3v) is 6.07. The van der Waals surface area contributed by atoms with Gasteiger partial charge in [-0.3, -0.25) is 0 Å². The highest BCUT2D eigenvalue weighted by Crippen LogP contribution is 2.52. The number of rotatable bonds is 6. The highest BCUT2D eigenvalue weighted by molar-refractivity contribution is 8.59. The number of thiol groups is 1. The first kappa shape index (κ1) is 24.2. The Morgan fingerprint density at radius 3 is 2.38 bits per heavy atom. The average Bonchev–Trinajstić information content (AvgIpc) is 2.42. The lowest BCUT2D eigenvalue weighted by molar-refractivity contribution is -0.00194. The molecular formula is C18H36NO4PS2. The molecule has 26 heavy (non-hydrogen) atoms. The van der Waals surface area contributed by atoms with Crippen molar-refractivity contribution in [2.45, 2.75) is 72.5 Å². The molecular weight excluding hydrogens is 389 g/mol. The molecule has 0 aromatic rings. The third-order valence-electron chi connectivity index (χ3n) is 4.98. The quantitative estimate of drug-likeness (QED) is 0.458. The van der Waals surface area contributed by atoms with Gasteiger partial charge in [0.05, 0.1) is 12.6 Å². The van der Waals surface area contributed by atoms with Gasteiger partial charge in [-0.25, -0.2) is 4.79 Å². The predicted molar refractivity (Wildman–Crippen MR) is 114 cm³/mol. The molecule has 8 heteroatoms. The molecule has 1 aliphatic carbocycles. The van der Waals surface area contributed by atoms with E-state index in [9.17, 15) is 9.69 Å². The van der Waals surface area contributed by atoms with Crippen LogP contribution >= 0.6 is 17.9 Å². The minimum absolute atomic E-state index is 0.227. The summed E-state index contributed by atoms with van der Waals surface area (Å²) < 4.78 is 11.3. The molecule has 1 amide bonds. The first-order valence-electron chi connectivity index (χ1n) is 9.37. The Morgan fingerprint density at radius 1 is 1.35 bits per heavy atom. The van der Waals surface area contributed by atoms with Gasteiger partial charge < -0.3 is 19.1 Å². The molecule has 0 saturated heterocycles. The number of carbonyl (C=O) groups is 1. The molecule has 1 fully saturated rings. The van der Waals surface area contributed by atoms with Gasteiger partial charge in [0.1, 0.15) is 5.60 Å². The first-order valence-corrected chi connectivity index (χ1v) is 13.2. The number of amides is 1. The van der Waals surface area contributed by atoms with Crippen molar-refractivity contribution >= 4 is 35.8 Å². The summed E-state index contributed by atoms with van der Waals surface area (Å²) >= 11 is 9.13. The molecule has 1 aliphatic rings. The van der Waals surface area contributed by atoms with E-state index < -0.39 is 17.4 Å². The summed E-state index contributed by atoms with van der Waals surface area (Å²) in [7, 11) is 1.69. The second-order valence-corrected chi connectivity index (χ2v) is 14.1. The zero-order valence-corrected chi connectivity index (χ0v) is 19.7. The van der Waals surface area contributed by atoms with Crippen LogP contribution in [0.2, 0.25) is 0 Å². The topological polar surface area (TPSA) is 59.0 Å². The van der Waals surface area contributed by atoms with Crippen LogP contribution in [0.3, 0.4) is 0 Å². The monoisotopic (exact) mass is 425 g/mol. The molecule has 0 heterocycles. The molecule has 0 radical (unpaired) electrons. The second-order valence-electron chi connectivity index (χ2n) is 8.99. The van der Waals surface area contributed by atoms with Crippen LogP contribution in [0, 0.1) is 23.7 Å². The molecule has 0 aromatic heterocycles. The van der Waals surface area contributed by atoms with Gasteiger partial charge in [-0.05, 0) is 69.1 Å². The fraction of sp³-hybridized carbons (Fsp3) is 0.944. The third kappa shape index (κ3) is 8.47. The lowest BCUT2D eigenvalue weighted by atomic mass is 9.68. The maximum atomic E-state index is 12.4. The lowest BCUT2D eigenvalue weighted by Crippen LogP contribution is -2.45. The number of likely N-dealkylation sites (N-methyl/N-ethyl adjacent to an activating group) is 1. The van der Waals surface area contributed by atoms with Gasteiger partial charge >= 0.3 is 6.09 Å². The van der Waals surface area contributed by atoms with Gasteiger partial charge in [0.15, 0.2) is 0 Å². The smallest absolute Gasteiger partial charge is 0.410 e. The largest absolute Gasteiger partial charge is 0.444 e. The van der Waals surface area contributed by atoms with Crippen molar-refractivity contribution < 1.29 is 18.9 Å². The van der Waals surface area contributed by atoms with E-state index in [1.165, 1.54) is 11.3 Å². The molecule has 5 atom stereocenters. The standard InChI is InChI=1S/C18H36NO4PS2/c1-12(2)14-9-8-13(3)10-15(14)16(23-24(21,25)26)11-19(7)17(20)22-18(4,5)6/h12-16H,8-11H2,1-7H3,(H2,21,25,26). The van der Waals surface area contributed by atoms with Gasteiger partial charge in [-0.1, -0.05) is 39.4 Å². The minimum atomic E-state index is -3.14. The van der Waals surface area contributed by atoms with Crippen molar-refractivity contribution in [3.63, 3.8) is 0 Å². The summed E-state index contributed by atoms with van der Waals surface area (Å²) in [6, 6.07) is 0. The highest BCUT2D eigenvalue weighted by Gasteiger charge is 2.39. The summed E-state index contributed by atoms with van der Waals surface area (Å²) in [5.74, 6) is 1.79. The van der Waals surface area contributed by atoms with Crippen LogP contribution in [0.15, 0.2) is 0 Å². The Morgan fingerprint density at radius 2 is 1.92 bits per heavy atom. The number of hydrogen-bond donors (Lipinski definition) is 2. The number of nitrogens with zero attached hydrogens (tertiary/aromatic N) is 1. The normalized spacial score (nSPS) is 27.7. The molecule has 0 spiro atoms. The number of hydrogen-bond acceptors (Lipinski definition) is 4. The Balaban J connectivity index is 2.99. The van der Waals surface area contributed by atoms with Gasteiger partial charge in [0.25, 0.3) is 0 Å². The van der Waals surface area contributed by atoms with Crippen LogP contribution in [-0.4, -0.2) is 41.2 Å². The molecule has 0 aliphatic heterocycles. The van der Waals surface area contributed by atoms with Gasteiger partial charge in [0, 0.05) is 7.05 Å². The van der Waals surface area contributed by atoms with Crippen molar-refractivity contribution in [2.75, 3.05) is 13.6 Å². The fourth-order valence-electron chi connectivity index (χ4n) is 3.81. The number of carbonyl (C=O) groups excluding carboxylic acids is 1. The Kier molecular flexibility index (Phi) is 8.94. The molecule has 5 nitrogen and oxygen atoms in total. The van der Waals surface area contributed by atoms with Crippen molar-refractivity contribution in [1.82, 2.24) is 4.90 Å². The predicted octanol–water partition coefficient (Wildman–Crippen LogP) is 5.09. The van der Waals surface area contributed by atoms with E-state index in [1.54, 1.807) is 7.05 Å². The fourth-order valence-corrected chi connectivity index (χ4v) is 5.08. The maximum absolute atomic E-state index is 12.4. The number of ether oxygens (including phenoxy) is 1. The van der Waals surface area contributed by atoms with Crippen LogP contribution in [0.25, 0.3) is 0 Å². The first-order chi connectivity index (χ1) is 11.7. The average molecular weight is 426 g/mol. The maximum Gasteiger partial charge on any atom is 0.410 e. The van der Waals surface area contributed by atoms with Gasteiger partial charge in [0.2, 0.25) is 5.69 Å². The summed E-state index contributed by atoms with van der Waals surface area (Å²) in [5.41, 5.74) is -3.70. The summed E-state index contributed by atoms with van der Waals surface area (Å²) in [6.07, 6.45) is 2.57. The van der Waals surface area contributed by atoms with E-state index in [4.69, 9.17) is 21.1 Å². The molecule has 1 N–H and O–H groups in total. The van der Waals surface area contributed by atoms with E-state index in [-0.39, 0.29) is 12.0 Å². The van der Waals surface area contributed by atoms with E-state index >= 15 is 0 Å². The van der Waals surface area contributed by atoms with Crippen LogP contribution in [0.5, 0.6) is 0 Å². The van der Waals surface area contributed by atoms with Crippen molar-refractivity contribution in [3.05, 3.63) is 0 Å². The molecule has 5 unspecified atom stereocenters. The SMILES string of the molecule is CC1CCC(C(C)C)C(C(CN(C)C(=O)OC(C)(C)C)OP(O)(=S)S)C1. The van der Waals surface area contributed by atoms with E-state index in [2.05, 4.69) is 33.0 Å². The minimum Gasteiger partial charge on any atom is -0.444 e. The van der Waals surface area contributed by atoms with Crippen LogP contribution in [-0.2, 0) is 21.1 Å². The van der Waals surface area contributed by atoms with E-state index in [0.29, 0.717) is 24.3 Å². The van der Waals surface area contributed by atoms with Crippen molar-refractivity contribution in [3.8, 4) is 0 Å². The van der Waals surface area contributed by atoms with Crippen LogP contribution in [0.1, 0.15) is 60.8 Å². The molecule has 1 rings (SSSR count). The van der Waals surface area contributed by atoms with Crippen LogP contribution < -0.4 is 0 Å². The zero-order valence-electron chi connectivity index (χ0n) is 17.1. The van der Waals surface area contributed by atoms with Gasteiger partial charge in [-0.2, -0.15) is 0 Å². The molecule has 0 bridgehead atoms. The Labute approximate surface area is 169 Å². The summed E-state index contributed by atoms with van der Waals surface area (Å²) in [5, 5.41) is 0. The van der Waals surface area contributed by atoms with E-state index in [1.807, 2.05) is 20.8 Å².